The van der Waals surface area contributed by atoms with Gasteiger partial charge in [-0.3, -0.25) is 9.59 Å². The molecule has 0 saturated heterocycles. The molecule has 1 aromatic carbocycles. The predicted octanol–water partition coefficient (Wildman–Crippen LogP) is 0.811. The van der Waals surface area contributed by atoms with Crippen LogP contribution in [0.5, 0.6) is 11.5 Å². The van der Waals surface area contributed by atoms with Crippen LogP contribution in [0.4, 0.5) is 0 Å². The molecule has 3 N–H and O–H groups in total. The number of carbonyl (C=O) groups is 2. The van der Waals surface area contributed by atoms with Crippen LogP contribution in [-0.2, 0) is 4.79 Å². The number of aromatic hydroxyl groups is 2. The van der Waals surface area contributed by atoms with E-state index in [1.54, 1.807) is 0 Å². The van der Waals surface area contributed by atoms with Crippen molar-refractivity contribution in [3.63, 3.8) is 0 Å². The van der Waals surface area contributed by atoms with Crippen molar-refractivity contribution < 1.29 is 24.9 Å². The third-order valence-corrected chi connectivity index (χ3v) is 2.19. The predicted molar refractivity (Wildman–Crippen MR) is 63.5 cm³/mol. The molecule has 0 aliphatic rings. The number of aliphatic carboxylic acids is 1. The van der Waals surface area contributed by atoms with Crippen molar-refractivity contribution in [3.05, 3.63) is 36.4 Å². The van der Waals surface area contributed by atoms with Gasteiger partial charge in [0.25, 0.3) is 5.91 Å². The maximum Gasteiger partial charge on any atom is 0.323 e. The van der Waals surface area contributed by atoms with Gasteiger partial charge in [0.15, 0.2) is 11.5 Å². The minimum absolute atomic E-state index is 0.0762. The molecule has 0 aromatic heterocycles. The first-order chi connectivity index (χ1) is 8.45. The first-order valence-corrected chi connectivity index (χ1v) is 5.09. The summed E-state index contributed by atoms with van der Waals surface area (Å²) >= 11 is 0. The van der Waals surface area contributed by atoms with Gasteiger partial charge in [-0.1, -0.05) is 6.08 Å². The lowest BCUT2D eigenvalue weighted by molar-refractivity contribution is -0.137. The van der Waals surface area contributed by atoms with Gasteiger partial charge < -0.3 is 20.2 Å². The number of hydrogen-bond acceptors (Lipinski definition) is 4. The van der Waals surface area contributed by atoms with Crippen molar-refractivity contribution in [2.45, 2.75) is 0 Å². The maximum atomic E-state index is 12.0. The molecule has 1 rings (SSSR count). The number of nitrogens with zero attached hydrogens (tertiary/aromatic N) is 1. The number of hydrogen-bond donors (Lipinski definition) is 3. The number of carboxylic acid groups (broad SMARTS) is 1. The fourth-order valence-electron chi connectivity index (χ4n) is 1.38. The summed E-state index contributed by atoms with van der Waals surface area (Å²) in [5.41, 5.74) is 0.0911. The summed E-state index contributed by atoms with van der Waals surface area (Å²) in [5.74, 6) is -2.49. The van der Waals surface area contributed by atoms with Crippen LogP contribution < -0.4 is 0 Å². The number of carboxylic acids is 1. The van der Waals surface area contributed by atoms with Crippen molar-refractivity contribution >= 4 is 11.9 Å². The lowest BCUT2D eigenvalue weighted by Crippen LogP contribution is -2.35. The van der Waals surface area contributed by atoms with Gasteiger partial charge in [-0.05, 0) is 18.2 Å². The number of benzene rings is 1. The SMILES string of the molecule is C=CCN(CC(=O)O)C(=O)c1ccc(O)c(O)c1. The smallest absolute Gasteiger partial charge is 0.323 e. The Labute approximate surface area is 103 Å². The average molecular weight is 251 g/mol. The molecule has 6 heteroatoms. The number of carbonyl (C=O) groups excluding carboxylic acids is 1. The van der Waals surface area contributed by atoms with Crippen molar-refractivity contribution in [1.82, 2.24) is 4.90 Å². The summed E-state index contributed by atoms with van der Waals surface area (Å²) in [4.78, 5) is 23.6. The molecule has 1 amide bonds. The minimum Gasteiger partial charge on any atom is -0.504 e. The largest absolute Gasteiger partial charge is 0.504 e. The molecule has 0 spiro atoms. The summed E-state index contributed by atoms with van der Waals surface area (Å²) in [5, 5.41) is 27.1. The van der Waals surface area contributed by atoms with Crippen LogP contribution in [0.25, 0.3) is 0 Å². The molecular formula is C12H13NO5. The van der Waals surface area contributed by atoms with Crippen molar-refractivity contribution in [3.8, 4) is 11.5 Å². The highest BCUT2D eigenvalue weighted by molar-refractivity contribution is 5.96. The quantitative estimate of drug-likeness (QED) is 0.531. The maximum absolute atomic E-state index is 12.0. The summed E-state index contributed by atoms with van der Waals surface area (Å²) in [7, 11) is 0. The number of amides is 1. The number of rotatable bonds is 5. The lowest BCUT2D eigenvalue weighted by atomic mass is 10.1. The third kappa shape index (κ3) is 3.24. The van der Waals surface area contributed by atoms with E-state index in [4.69, 9.17) is 10.2 Å². The summed E-state index contributed by atoms with van der Waals surface area (Å²) in [6.07, 6.45) is 1.40. The summed E-state index contributed by atoms with van der Waals surface area (Å²) in [6, 6.07) is 3.54. The molecule has 0 bridgehead atoms. The van der Waals surface area contributed by atoms with Gasteiger partial charge in [0, 0.05) is 12.1 Å². The Morgan fingerprint density at radius 3 is 2.44 bits per heavy atom. The number of phenols is 2. The Balaban J connectivity index is 2.97. The molecular weight excluding hydrogens is 238 g/mol. The molecule has 0 atom stereocenters. The molecule has 0 aliphatic carbocycles. The summed E-state index contributed by atoms with van der Waals surface area (Å²) < 4.78 is 0. The van der Waals surface area contributed by atoms with E-state index in [0.717, 1.165) is 17.0 Å². The zero-order valence-corrected chi connectivity index (χ0v) is 9.54. The van der Waals surface area contributed by atoms with Gasteiger partial charge in [-0.15, -0.1) is 6.58 Å². The molecule has 1 aromatic rings. The van der Waals surface area contributed by atoms with E-state index in [2.05, 4.69) is 6.58 Å². The van der Waals surface area contributed by atoms with Crippen molar-refractivity contribution in [2.75, 3.05) is 13.1 Å². The number of phenolic OH excluding ortho intramolecular Hbond substituents is 2. The highest BCUT2D eigenvalue weighted by Crippen LogP contribution is 2.25. The van der Waals surface area contributed by atoms with E-state index in [1.807, 2.05) is 0 Å². The molecule has 0 heterocycles. The first kappa shape index (κ1) is 13.6. The molecule has 18 heavy (non-hydrogen) atoms. The Morgan fingerprint density at radius 1 is 1.28 bits per heavy atom. The van der Waals surface area contributed by atoms with Gasteiger partial charge >= 0.3 is 5.97 Å². The zero-order chi connectivity index (χ0) is 13.7. The van der Waals surface area contributed by atoms with E-state index in [1.165, 1.54) is 12.1 Å². The molecule has 0 radical (unpaired) electrons. The Hall–Kier alpha value is -2.50. The van der Waals surface area contributed by atoms with Crippen LogP contribution in [0.2, 0.25) is 0 Å². The highest BCUT2D eigenvalue weighted by Gasteiger charge is 2.18. The Kier molecular flexibility index (Phi) is 4.31. The molecule has 0 unspecified atom stereocenters. The third-order valence-electron chi connectivity index (χ3n) is 2.19. The van der Waals surface area contributed by atoms with E-state index in [0.29, 0.717) is 0 Å². The van der Waals surface area contributed by atoms with Crippen molar-refractivity contribution in [2.24, 2.45) is 0 Å². The standard InChI is InChI=1S/C12H13NO5/c1-2-5-13(7-11(16)17)12(18)8-3-4-9(14)10(15)6-8/h2-4,6,14-15H,1,5,7H2,(H,16,17). The fourth-order valence-corrected chi connectivity index (χ4v) is 1.38. The second-order valence-corrected chi connectivity index (χ2v) is 3.57. The molecule has 0 aliphatic heterocycles. The van der Waals surface area contributed by atoms with Crippen LogP contribution in [0.1, 0.15) is 10.4 Å². The van der Waals surface area contributed by atoms with Crippen molar-refractivity contribution in [1.29, 1.82) is 0 Å². The van der Waals surface area contributed by atoms with E-state index < -0.39 is 24.2 Å². The Morgan fingerprint density at radius 2 is 1.94 bits per heavy atom. The van der Waals surface area contributed by atoms with Crippen LogP contribution in [0.15, 0.2) is 30.9 Å². The monoisotopic (exact) mass is 251 g/mol. The van der Waals surface area contributed by atoms with Gasteiger partial charge in [0.05, 0.1) is 0 Å². The van der Waals surface area contributed by atoms with Crippen LogP contribution in [0.3, 0.4) is 0 Å². The van der Waals surface area contributed by atoms with Gasteiger partial charge in [0.1, 0.15) is 6.54 Å². The average Bonchev–Trinajstić information content (AvgIpc) is 2.31. The topological polar surface area (TPSA) is 98.1 Å². The lowest BCUT2D eigenvalue weighted by Gasteiger charge is -2.18. The van der Waals surface area contributed by atoms with E-state index >= 15 is 0 Å². The van der Waals surface area contributed by atoms with Gasteiger partial charge in [0.2, 0.25) is 0 Å². The molecule has 96 valence electrons. The van der Waals surface area contributed by atoms with Crippen LogP contribution >= 0.6 is 0 Å². The zero-order valence-electron chi connectivity index (χ0n) is 9.54. The van der Waals surface area contributed by atoms with Gasteiger partial charge in [-0.2, -0.15) is 0 Å². The highest BCUT2D eigenvalue weighted by atomic mass is 16.4. The first-order valence-electron chi connectivity index (χ1n) is 5.09. The van der Waals surface area contributed by atoms with E-state index in [-0.39, 0.29) is 17.9 Å². The Bertz CT molecular complexity index is 483. The fraction of sp³-hybridized carbons (Fsp3) is 0.167. The van der Waals surface area contributed by atoms with Gasteiger partial charge in [-0.25, -0.2) is 0 Å². The minimum atomic E-state index is -1.15. The molecule has 6 nitrogen and oxygen atoms in total. The second-order valence-electron chi connectivity index (χ2n) is 3.57. The van der Waals surface area contributed by atoms with Crippen LogP contribution in [0, 0.1) is 0 Å². The second kappa shape index (κ2) is 5.72. The molecule has 0 saturated carbocycles. The van der Waals surface area contributed by atoms with Crippen LogP contribution in [-0.4, -0.2) is 45.2 Å². The normalized spacial score (nSPS) is 9.78. The summed E-state index contributed by atoms with van der Waals surface area (Å²) in [6.45, 7) is 3.05. The van der Waals surface area contributed by atoms with E-state index in [9.17, 15) is 14.7 Å². The molecule has 0 fully saturated rings.